The van der Waals surface area contributed by atoms with Crippen LogP contribution < -0.4 is 15.2 Å². The van der Waals surface area contributed by atoms with Crippen molar-refractivity contribution in [1.82, 2.24) is 4.90 Å². The molecule has 2 N–H and O–H groups in total. The molecule has 0 amide bonds. The maximum Gasteiger partial charge on any atom is 0.127 e. The molecule has 0 saturated heterocycles. The minimum Gasteiger partial charge on any atom is -0.497 e. The summed E-state index contributed by atoms with van der Waals surface area (Å²) in [7, 11) is 3.32. The average molecular weight is 280 g/mol. The molecule has 0 aliphatic rings. The van der Waals surface area contributed by atoms with Crippen molar-refractivity contribution in [2.45, 2.75) is 32.7 Å². The molecular weight excluding hydrogens is 252 g/mol. The zero-order chi connectivity index (χ0) is 15.0. The fourth-order valence-corrected chi connectivity index (χ4v) is 2.43. The summed E-state index contributed by atoms with van der Waals surface area (Å²) in [6.07, 6.45) is 2.29. The molecule has 0 fully saturated rings. The van der Waals surface area contributed by atoms with E-state index in [4.69, 9.17) is 15.2 Å². The maximum atomic E-state index is 6.36. The normalized spacial score (nSPS) is 12.5. The average Bonchev–Trinajstić information content (AvgIpc) is 2.46. The van der Waals surface area contributed by atoms with Crippen molar-refractivity contribution in [3.63, 3.8) is 0 Å². The lowest BCUT2D eigenvalue weighted by Gasteiger charge is -2.26. The van der Waals surface area contributed by atoms with Crippen LogP contribution in [0, 0.1) is 0 Å². The first-order valence-corrected chi connectivity index (χ1v) is 7.36. The van der Waals surface area contributed by atoms with E-state index in [1.165, 1.54) is 0 Å². The Morgan fingerprint density at radius 2 is 1.75 bits per heavy atom. The SMILES string of the molecule is CCCN(CCC)CC(N)c1ccc(OC)cc1OC. The Balaban J connectivity index is 2.81. The van der Waals surface area contributed by atoms with Gasteiger partial charge in [-0.1, -0.05) is 19.9 Å². The quantitative estimate of drug-likeness (QED) is 0.755. The van der Waals surface area contributed by atoms with E-state index in [-0.39, 0.29) is 6.04 Å². The molecule has 0 aromatic heterocycles. The Bertz CT molecular complexity index is 390. The summed E-state index contributed by atoms with van der Waals surface area (Å²) in [5.41, 5.74) is 7.39. The molecule has 1 rings (SSSR count). The van der Waals surface area contributed by atoms with Crippen molar-refractivity contribution in [2.24, 2.45) is 5.73 Å². The van der Waals surface area contributed by atoms with E-state index in [0.717, 1.165) is 49.5 Å². The first kappa shape index (κ1) is 16.8. The van der Waals surface area contributed by atoms with Crippen molar-refractivity contribution >= 4 is 0 Å². The maximum absolute atomic E-state index is 6.36. The van der Waals surface area contributed by atoms with Crippen molar-refractivity contribution < 1.29 is 9.47 Å². The van der Waals surface area contributed by atoms with Gasteiger partial charge in [-0.15, -0.1) is 0 Å². The van der Waals surface area contributed by atoms with E-state index >= 15 is 0 Å². The molecule has 114 valence electrons. The second kappa shape index (κ2) is 8.82. The van der Waals surface area contributed by atoms with Gasteiger partial charge < -0.3 is 20.1 Å². The Kier molecular flexibility index (Phi) is 7.41. The van der Waals surface area contributed by atoms with Gasteiger partial charge in [-0.3, -0.25) is 0 Å². The zero-order valence-electron chi connectivity index (χ0n) is 13.2. The summed E-state index contributed by atoms with van der Waals surface area (Å²) in [6, 6.07) is 5.77. The van der Waals surface area contributed by atoms with Gasteiger partial charge in [-0.2, -0.15) is 0 Å². The first-order chi connectivity index (χ1) is 9.65. The van der Waals surface area contributed by atoms with Crippen molar-refractivity contribution in [1.29, 1.82) is 0 Å². The third-order valence-electron chi connectivity index (χ3n) is 3.37. The van der Waals surface area contributed by atoms with Gasteiger partial charge in [0, 0.05) is 24.2 Å². The predicted octanol–water partition coefficient (Wildman–Crippen LogP) is 2.83. The molecule has 0 spiro atoms. The monoisotopic (exact) mass is 280 g/mol. The number of hydrogen-bond donors (Lipinski definition) is 1. The zero-order valence-corrected chi connectivity index (χ0v) is 13.2. The van der Waals surface area contributed by atoms with Crippen LogP contribution in [-0.4, -0.2) is 38.8 Å². The van der Waals surface area contributed by atoms with Crippen LogP contribution in [0.1, 0.15) is 38.3 Å². The minimum atomic E-state index is -0.0473. The third-order valence-corrected chi connectivity index (χ3v) is 3.37. The van der Waals surface area contributed by atoms with Gasteiger partial charge in [0.15, 0.2) is 0 Å². The van der Waals surface area contributed by atoms with E-state index < -0.39 is 0 Å². The highest BCUT2D eigenvalue weighted by Crippen LogP contribution is 2.28. The lowest BCUT2D eigenvalue weighted by Crippen LogP contribution is -2.33. The highest BCUT2D eigenvalue weighted by atomic mass is 16.5. The fourth-order valence-electron chi connectivity index (χ4n) is 2.43. The number of nitrogens with two attached hydrogens (primary N) is 1. The molecule has 20 heavy (non-hydrogen) atoms. The lowest BCUT2D eigenvalue weighted by atomic mass is 10.1. The highest BCUT2D eigenvalue weighted by Gasteiger charge is 2.16. The van der Waals surface area contributed by atoms with Crippen LogP contribution in [0.15, 0.2) is 18.2 Å². The van der Waals surface area contributed by atoms with Crippen LogP contribution in [0.5, 0.6) is 11.5 Å². The summed E-state index contributed by atoms with van der Waals surface area (Å²) >= 11 is 0. The van der Waals surface area contributed by atoms with Crippen molar-refractivity contribution in [3.8, 4) is 11.5 Å². The van der Waals surface area contributed by atoms with E-state index in [0.29, 0.717) is 0 Å². The molecular formula is C16H28N2O2. The summed E-state index contributed by atoms with van der Waals surface area (Å²) < 4.78 is 10.7. The summed E-state index contributed by atoms with van der Waals surface area (Å²) in [5.74, 6) is 1.58. The summed E-state index contributed by atoms with van der Waals surface area (Å²) in [6.45, 7) is 7.41. The van der Waals surface area contributed by atoms with Crippen LogP contribution >= 0.6 is 0 Å². The molecule has 4 nitrogen and oxygen atoms in total. The lowest BCUT2D eigenvalue weighted by molar-refractivity contribution is 0.256. The second-order valence-corrected chi connectivity index (χ2v) is 5.01. The Morgan fingerprint density at radius 1 is 1.10 bits per heavy atom. The molecule has 0 heterocycles. The van der Waals surface area contributed by atoms with Crippen LogP contribution in [0.25, 0.3) is 0 Å². The molecule has 0 radical (unpaired) electrons. The standard InChI is InChI=1S/C16H28N2O2/c1-5-9-18(10-6-2)12-15(17)14-8-7-13(19-3)11-16(14)20-4/h7-8,11,15H,5-6,9-10,12,17H2,1-4H3. The summed E-state index contributed by atoms with van der Waals surface area (Å²) in [4.78, 5) is 2.41. The number of ether oxygens (including phenoxy) is 2. The van der Waals surface area contributed by atoms with E-state index in [9.17, 15) is 0 Å². The van der Waals surface area contributed by atoms with Crippen LogP contribution in [0.4, 0.5) is 0 Å². The largest absolute Gasteiger partial charge is 0.497 e. The van der Waals surface area contributed by atoms with E-state index in [1.807, 2.05) is 18.2 Å². The third kappa shape index (κ3) is 4.69. The smallest absolute Gasteiger partial charge is 0.127 e. The fraction of sp³-hybridized carbons (Fsp3) is 0.625. The van der Waals surface area contributed by atoms with Crippen molar-refractivity contribution in [2.75, 3.05) is 33.9 Å². The van der Waals surface area contributed by atoms with Gasteiger partial charge in [0.1, 0.15) is 11.5 Å². The van der Waals surface area contributed by atoms with Gasteiger partial charge in [-0.25, -0.2) is 0 Å². The predicted molar refractivity (Wildman–Crippen MR) is 83.5 cm³/mol. The van der Waals surface area contributed by atoms with Crippen LogP contribution in [0.3, 0.4) is 0 Å². The summed E-state index contributed by atoms with van der Waals surface area (Å²) in [5, 5.41) is 0. The van der Waals surface area contributed by atoms with E-state index in [2.05, 4.69) is 18.7 Å². The van der Waals surface area contributed by atoms with Gasteiger partial charge >= 0.3 is 0 Å². The molecule has 4 heteroatoms. The molecule has 0 bridgehead atoms. The molecule has 1 atom stereocenters. The van der Waals surface area contributed by atoms with E-state index in [1.54, 1.807) is 14.2 Å². The van der Waals surface area contributed by atoms with Crippen LogP contribution in [-0.2, 0) is 0 Å². The Morgan fingerprint density at radius 3 is 2.25 bits per heavy atom. The van der Waals surface area contributed by atoms with Gasteiger partial charge in [0.25, 0.3) is 0 Å². The molecule has 1 aromatic carbocycles. The number of methoxy groups -OCH3 is 2. The number of rotatable bonds is 9. The number of benzene rings is 1. The van der Waals surface area contributed by atoms with Gasteiger partial charge in [0.05, 0.1) is 14.2 Å². The first-order valence-electron chi connectivity index (χ1n) is 7.36. The number of hydrogen-bond acceptors (Lipinski definition) is 4. The highest BCUT2D eigenvalue weighted by molar-refractivity contribution is 5.42. The second-order valence-electron chi connectivity index (χ2n) is 5.01. The molecule has 1 aromatic rings. The topological polar surface area (TPSA) is 47.7 Å². The Labute approximate surface area is 122 Å². The molecule has 0 aliphatic carbocycles. The molecule has 1 unspecified atom stereocenters. The van der Waals surface area contributed by atoms with Gasteiger partial charge in [0.2, 0.25) is 0 Å². The molecule has 0 saturated carbocycles. The number of nitrogens with zero attached hydrogens (tertiary/aromatic N) is 1. The Hall–Kier alpha value is -1.26. The van der Waals surface area contributed by atoms with Crippen molar-refractivity contribution in [3.05, 3.63) is 23.8 Å². The van der Waals surface area contributed by atoms with Crippen LogP contribution in [0.2, 0.25) is 0 Å². The molecule has 0 aliphatic heterocycles. The minimum absolute atomic E-state index is 0.0473. The van der Waals surface area contributed by atoms with Gasteiger partial charge in [-0.05, 0) is 32.0 Å².